The van der Waals surface area contributed by atoms with Gasteiger partial charge in [0.2, 0.25) is 0 Å². The fourth-order valence-electron chi connectivity index (χ4n) is 2.88. The second kappa shape index (κ2) is 10.4. The molecule has 0 amide bonds. The summed E-state index contributed by atoms with van der Waals surface area (Å²) in [7, 11) is 0. The molecule has 6 nitrogen and oxygen atoms in total. The zero-order valence-electron chi connectivity index (χ0n) is 16.7. The maximum absolute atomic E-state index is 11.0. The summed E-state index contributed by atoms with van der Waals surface area (Å²) in [6, 6.07) is 21.4. The number of nitro benzene ring substituents is 1. The molecule has 3 aromatic carbocycles. The van der Waals surface area contributed by atoms with Crippen LogP contribution in [0.25, 0.3) is 11.6 Å². The summed E-state index contributed by atoms with van der Waals surface area (Å²) in [4.78, 5) is 10.5. The number of nitriles is 1. The molecule has 0 N–H and O–H groups in total. The Labute approximate surface area is 188 Å². The van der Waals surface area contributed by atoms with E-state index in [0.717, 1.165) is 15.6 Å². The molecule has 3 aromatic rings. The molecule has 0 aliphatic carbocycles. The van der Waals surface area contributed by atoms with Crippen molar-refractivity contribution in [2.24, 2.45) is 0 Å². The number of rotatable bonds is 8. The first kappa shape index (κ1) is 22.1. The lowest BCUT2D eigenvalue weighted by Gasteiger charge is -2.13. The maximum Gasteiger partial charge on any atom is 0.270 e. The summed E-state index contributed by atoms with van der Waals surface area (Å²) in [6.45, 7) is 2.72. The van der Waals surface area contributed by atoms with Crippen LogP contribution in [0.5, 0.6) is 11.5 Å². The molecule has 0 aliphatic heterocycles. The van der Waals surface area contributed by atoms with Crippen LogP contribution in [-0.4, -0.2) is 11.5 Å². The fourth-order valence-corrected chi connectivity index (χ4v) is 3.14. The number of halogens is 1. The summed E-state index contributed by atoms with van der Waals surface area (Å²) >= 11 is 3.41. The summed E-state index contributed by atoms with van der Waals surface area (Å²) < 4.78 is 12.6. The maximum atomic E-state index is 11.0. The summed E-state index contributed by atoms with van der Waals surface area (Å²) in [5.74, 6) is 1.15. The average molecular weight is 479 g/mol. The second-order valence-electron chi connectivity index (χ2n) is 6.53. The molecule has 0 saturated carbocycles. The number of benzene rings is 3. The highest BCUT2D eigenvalue weighted by molar-refractivity contribution is 9.10. The molecule has 31 heavy (non-hydrogen) atoms. The predicted octanol–water partition coefficient (Wildman–Crippen LogP) is 6.40. The third-order valence-electron chi connectivity index (χ3n) is 4.37. The molecule has 0 spiro atoms. The zero-order valence-corrected chi connectivity index (χ0v) is 18.3. The van der Waals surface area contributed by atoms with Gasteiger partial charge in [-0.1, -0.05) is 46.3 Å². The van der Waals surface area contributed by atoms with Crippen LogP contribution in [0, 0.1) is 21.4 Å². The smallest absolute Gasteiger partial charge is 0.270 e. The topological polar surface area (TPSA) is 85.4 Å². The first-order chi connectivity index (χ1) is 15.0. The van der Waals surface area contributed by atoms with Crippen LogP contribution in [0.1, 0.15) is 23.6 Å². The molecule has 0 fully saturated rings. The number of non-ortho nitro benzene ring substituents is 1. The van der Waals surface area contributed by atoms with E-state index in [9.17, 15) is 15.4 Å². The van der Waals surface area contributed by atoms with E-state index in [1.54, 1.807) is 30.3 Å². The number of hydrogen-bond acceptors (Lipinski definition) is 5. The van der Waals surface area contributed by atoms with Crippen LogP contribution < -0.4 is 9.47 Å². The number of nitrogens with zero attached hydrogens (tertiary/aromatic N) is 2. The lowest BCUT2D eigenvalue weighted by Crippen LogP contribution is -2.00. The second-order valence-corrected chi connectivity index (χ2v) is 7.45. The Bertz CT molecular complexity index is 1150. The lowest BCUT2D eigenvalue weighted by molar-refractivity contribution is -0.384. The van der Waals surface area contributed by atoms with Gasteiger partial charge >= 0.3 is 0 Å². The highest BCUT2D eigenvalue weighted by Crippen LogP contribution is 2.31. The molecule has 7 heteroatoms. The van der Waals surface area contributed by atoms with Gasteiger partial charge in [-0.05, 0) is 54.0 Å². The minimum atomic E-state index is -0.483. The molecule has 0 atom stereocenters. The minimum Gasteiger partial charge on any atom is -0.490 e. The summed E-state index contributed by atoms with van der Waals surface area (Å²) in [6.07, 6.45) is 1.67. The van der Waals surface area contributed by atoms with E-state index >= 15 is 0 Å². The van der Waals surface area contributed by atoms with Crippen molar-refractivity contribution in [1.29, 1.82) is 5.26 Å². The van der Waals surface area contributed by atoms with E-state index in [1.165, 1.54) is 12.1 Å². The van der Waals surface area contributed by atoms with Crippen LogP contribution in [0.15, 0.2) is 71.2 Å². The predicted molar refractivity (Wildman–Crippen MR) is 123 cm³/mol. The largest absolute Gasteiger partial charge is 0.490 e. The van der Waals surface area contributed by atoms with Crippen LogP contribution >= 0.6 is 15.9 Å². The van der Waals surface area contributed by atoms with Crippen molar-refractivity contribution in [1.82, 2.24) is 0 Å². The van der Waals surface area contributed by atoms with Crippen molar-refractivity contribution in [3.63, 3.8) is 0 Å². The SMILES string of the molecule is CCOc1cc(C=C(C#N)c2cccc([N+](=O)[O-])c2)ccc1OCc1ccc(Br)cc1. The average Bonchev–Trinajstić information content (AvgIpc) is 2.78. The van der Waals surface area contributed by atoms with Gasteiger partial charge in [-0.25, -0.2) is 0 Å². The molecular formula is C24H19BrN2O4. The fraction of sp³-hybridized carbons (Fsp3) is 0.125. The minimum absolute atomic E-state index is 0.0645. The Morgan fingerprint density at radius 2 is 1.87 bits per heavy atom. The quantitative estimate of drug-likeness (QED) is 0.162. The van der Waals surface area contributed by atoms with E-state index in [0.29, 0.717) is 35.8 Å². The lowest BCUT2D eigenvalue weighted by atomic mass is 10.0. The zero-order chi connectivity index (χ0) is 22.2. The molecule has 0 aromatic heterocycles. The highest BCUT2D eigenvalue weighted by atomic mass is 79.9. The van der Waals surface area contributed by atoms with E-state index in [4.69, 9.17) is 9.47 Å². The highest BCUT2D eigenvalue weighted by Gasteiger charge is 2.11. The molecule has 3 rings (SSSR count). The van der Waals surface area contributed by atoms with Crippen molar-refractivity contribution in [2.75, 3.05) is 6.61 Å². The summed E-state index contributed by atoms with van der Waals surface area (Å²) in [5, 5.41) is 20.6. The van der Waals surface area contributed by atoms with E-state index < -0.39 is 4.92 Å². The van der Waals surface area contributed by atoms with Gasteiger partial charge in [-0.2, -0.15) is 5.26 Å². The van der Waals surface area contributed by atoms with E-state index in [-0.39, 0.29) is 5.69 Å². The van der Waals surface area contributed by atoms with E-state index in [1.807, 2.05) is 37.3 Å². The van der Waals surface area contributed by atoms with Gasteiger partial charge in [0.25, 0.3) is 5.69 Å². The molecule has 0 radical (unpaired) electrons. The van der Waals surface area contributed by atoms with Crippen molar-refractivity contribution >= 4 is 33.3 Å². The van der Waals surface area contributed by atoms with Gasteiger partial charge < -0.3 is 9.47 Å². The number of hydrogen-bond donors (Lipinski definition) is 0. The monoisotopic (exact) mass is 478 g/mol. The van der Waals surface area contributed by atoms with Crippen molar-refractivity contribution < 1.29 is 14.4 Å². The van der Waals surface area contributed by atoms with Crippen molar-refractivity contribution in [2.45, 2.75) is 13.5 Å². The molecule has 0 aliphatic rings. The summed E-state index contributed by atoms with van der Waals surface area (Å²) in [5.41, 5.74) is 2.47. The Hall–Kier alpha value is -3.63. The number of nitro groups is 1. The van der Waals surface area contributed by atoms with Crippen LogP contribution in [0.4, 0.5) is 5.69 Å². The number of ether oxygens (including phenoxy) is 2. The molecule has 156 valence electrons. The van der Waals surface area contributed by atoms with E-state index in [2.05, 4.69) is 22.0 Å². The standard InChI is InChI=1S/C24H19BrN2O4/c1-2-30-24-13-18(8-11-23(24)31-16-17-6-9-21(25)10-7-17)12-20(15-26)19-4-3-5-22(14-19)27(28)29/h3-14H,2,16H2,1H3. The Balaban J connectivity index is 1.86. The molecule has 0 saturated heterocycles. The molecular weight excluding hydrogens is 460 g/mol. The van der Waals surface area contributed by atoms with Crippen molar-refractivity contribution in [3.05, 3.63) is 98.0 Å². The van der Waals surface area contributed by atoms with Crippen molar-refractivity contribution in [3.8, 4) is 17.6 Å². The first-order valence-electron chi connectivity index (χ1n) is 9.51. The van der Waals surface area contributed by atoms with Crippen LogP contribution in [0.2, 0.25) is 0 Å². The Kier molecular flexibility index (Phi) is 7.41. The van der Waals surface area contributed by atoms with Crippen LogP contribution in [-0.2, 0) is 6.61 Å². The Morgan fingerprint density at radius 3 is 2.55 bits per heavy atom. The Morgan fingerprint density at radius 1 is 1.10 bits per heavy atom. The third-order valence-corrected chi connectivity index (χ3v) is 4.90. The molecule has 0 bridgehead atoms. The van der Waals surface area contributed by atoms with Gasteiger partial charge in [0.05, 0.1) is 23.2 Å². The molecule has 0 unspecified atom stereocenters. The third kappa shape index (κ3) is 5.93. The van der Waals surface area contributed by atoms with Crippen LogP contribution in [0.3, 0.4) is 0 Å². The number of allylic oxidation sites excluding steroid dienone is 1. The van der Waals surface area contributed by atoms with Gasteiger partial charge in [-0.3, -0.25) is 10.1 Å². The van der Waals surface area contributed by atoms with Gasteiger partial charge in [-0.15, -0.1) is 0 Å². The van der Waals surface area contributed by atoms with Gasteiger partial charge in [0.15, 0.2) is 11.5 Å². The molecule has 0 heterocycles. The van der Waals surface area contributed by atoms with Gasteiger partial charge in [0, 0.05) is 16.6 Å². The normalized spacial score (nSPS) is 10.9. The first-order valence-corrected chi connectivity index (χ1v) is 10.3. The van der Waals surface area contributed by atoms with Gasteiger partial charge in [0.1, 0.15) is 6.61 Å².